The first-order chi connectivity index (χ1) is 13.2. The second kappa shape index (κ2) is 8.50. The topological polar surface area (TPSA) is 9.23 Å². The molecule has 1 saturated carbocycles. The summed E-state index contributed by atoms with van der Waals surface area (Å²) in [6.07, 6.45) is 0.381. The lowest BCUT2D eigenvalue weighted by atomic mass is 9.77. The Morgan fingerprint density at radius 3 is 2.00 bits per heavy atom. The number of alkyl halides is 3. The molecule has 1 fully saturated rings. The van der Waals surface area contributed by atoms with Crippen LogP contribution in [0.4, 0.5) is 22.0 Å². The number of hydrogen-bond acceptors (Lipinski definition) is 1. The van der Waals surface area contributed by atoms with Gasteiger partial charge in [0.15, 0.2) is 0 Å². The molecule has 2 aromatic carbocycles. The molecule has 0 atom stereocenters. The lowest BCUT2D eigenvalue weighted by Gasteiger charge is -2.28. The first kappa shape index (κ1) is 20.6. The Bertz CT molecular complexity index is 767. The minimum absolute atomic E-state index is 0.0349. The van der Waals surface area contributed by atoms with Crippen molar-refractivity contribution in [1.29, 1.82) is 0 Å². The monoisotopic (exact) mass is 398 g/mol. The van der Waals surface area contributed by atoms with Crippen LogP contribution >= 0.6 is 0 Å². The van der Waals surface area contributed by atoms with E-state index in [2.05, 4.69) is 11.7 Å². The van der Waals surface area contributed by atoms with Crippen LogP contribution in [-0.2, 0) is 6.42 Å². The third-order valence-electron chi connectivity index (χ3n) is 5.60. The summed E-state index contributed by atoms with van der Waals surface area (Å²) in [5, 5.41) is 0. The minimum Gasteiger partial charge on any atom is -0.406 e. The van der Waals surface area contributed by atoms with Gasteiger partial charge < -0.3 is 4.74 Å². The molecule has 1 aliphatic carbocycles. The van der Waals surface area contributed by atoms with E-state index in [0.717, 1.165) is 44.2 Å². The first-order valence-corrected chi connectivity index (χ1v) is 9.57. The van der Waals surface area contributed by atoms with Crippen LogP contribution in [0.5, 0.6) is 5.75 Å². The highest BCUT2D eigenvalue weighted by molar-refractivity contribution is 5.35. The van der Waals surface area contributed by atoms with Crippen LogP contribution in [0, 0.1) is 17.6 Å². The largest absolute Gasteiger partial charge is 0.573 e. The fourth-order valence-electron chi connectivity index (χ4n) is 3.94. The molecular formula is C22H23F5O. The van der Waals surface area contributed by atoms with E-state index in [-0.39, 0.29) is 23.7 Å². The molecule has 0 aromatic heterocycles. The molecular weight excluding hydrogens is 375 g/mol. The summed E-state index contributed by atoms with van der Waals surface area (Å²) in [4.78, 5) is 0. The number of ether oxygens (including phenoxy) is 1. The van der Waals surface area contributed by atoms with Gasteiger partial charge in [-0.3, -0.25) is 0 Å². The van der Waals surface area contributed by atoms with E-state index in [0.29, 0.717) is 17.0 Å². The van der Waals surface area contributed by atoms with Crippen molar-refractivity contribution in [3.8, 4) is 5.75 Å². The molecule has 0 amide bonds. The fourth-order valence-corrected chi connectivity index (χ4v) is 3.94. The lowest BCUT2D eigenvalue weighted by molar-refractivity contribution is -0.274. The maximum Gasteiger partial charge on any atom is 0.573 e. The summed E-state index contributed by atoms with van der Waals surface area (Å²) in [7, 11) is 0. The van der Waals surface area contributed by atoms with Gasteiger partial charge in [0, 0.05) is 12.0 Å². The van der Waals surface area contributed by atoms with Crippen molar-refractivity contribution in [2.24, 2.45) is 5.92 Å². The molecule has 0 radical (unpaired) electrons. The van der Waals surface area contributed by atoms with Gasteiger partial charge in [-0.15, -0.1) is 13.2 Å². The molecule has 0 saturated heterocycles. The maximum atomic E-state index is 14.6. The first-order valence-electron chi connectivity index (χ1n) is 9.57. The molecule has 0 bridgehead atoms. The van der Waals surface area contributed by atoms with E-state index < -0.39 is 18.0 Å². The van der Waals surface area contributed by atoms with Crippen molar-refractivity contribution in [3.63, 3.8) is 0 Å². The molecule has 0 aliphatic heterocycles. The molecule has 152 valence electrons. The summed E-state index contributed by atoms with van der Waals surface area (Å²) >= 11 is 0. The Balaban J connectivity index is 1.71. The third-order valence-corrected chi connectivity index (χ3v) is 5.60. The summed E-state index contributed by atoms with van der Waals surface area (Å²) in [6.45, 7) is 2.17. The highest BCUT2D eigenvalue weighted by atomic mass is 19.4. The average Bonchev–Trinajstić information content (AvgIpc) is 2.65. The maximum absolute atomic E-state index is 14.6. The number of benzene rings is 2. The molecule has 0 unspecified atom stereocenters. The lowest BCUT2D eigenvalue weighted by Crippen LogP contribution is -2.17. The zero-order chi connectivity index (χ0) is 20.3. The predicted molar refractivity (Wildman–Crippen MR) is 97.3 cm³/mol. The molecule has 0 spiro atoms. The molecule has 3 rings (SSSR count). The quantitative estimate of drug-likeness (QED) is 0.487. The SMILES string of the molecule is CCC1CCC(c2cc(F)c(Cc3ccc(OC(F)(F)F)cc3)c(F)c2)CC1. The number of rotatable bonds is 5. The molecule has 0 N–H and O–H groups in total. The van der Waals surface area contributed by atoms with E-state index >= 15 is 0 Å². The Kier molecular flexibility index (Phi) is 6.26. The van der Waals surface area contributed by atoms with E-state index in [1.165, 1.54) is 24.3 Å². The molecule has 1 nitrogen and oxygen atoms in total. The van der Waals surface area contributed by atoms with Crippen LogP contribution in [0.2, 0.25) is 0 Å². The molecule has 0 heterocycles. The van der Waals surface area contributed by atoms with Crippen molar-refractivity contribution < 1.29 is 26.7 Å². The Labute approximate surface area is 161 Å². The van der Waals surface area contributed by atoms with Crippen LogP contribution in [0.1, 0.15) is 61.6 Å². The van der Waals surface area contributed by atoms with E-state index in [1.54, 1.807) is 0 Å². The second-order valence-corrected chi connectivity index (χ2v) is 7.46. The average molecular weight is 398 g/mol. The number of halogens is 5. The Hall–Kier alpha value is -2.11. The summed E-state index contributed by atoms with van der Waals surface area (Å²) < 4.78 is 69.6. The Morgan fingerprint density at radius 2 is 1.50 bits per heavy atom. The van der Waals surface area contributed by atoms with Crippen molar-refractivity contribution in [3.05, 3.63) is 64.7 Å². The van der Waals surface area contributed by atoms with Gasteiger partial charge in [-0.25, -0.2) is 8.78 Å². The molecule has 1 aliphatic rings. The van der Waals surface area contributed by atoms with E-state index in [9.17, 15) is 22.0 Å². The summed E-state index contributed by atoms with van der Waals surface area (Å²) in [6, 6.07) is 7.85. The van der Waals surface area contributed by atoms with Gasteiger partial charge in [-0.05, 0) is 72.9 Å². The Morgan fingerprint density at radius 1 is 0.929 bits per heavy atom. The molecule has 28 heavy (non-hydrogen) atoms. The number of hydrogen-bond donors (Lipinski definition) is 0. The van der Waals surface area contributed by atoms with Crippen LogP contribution in [-0.4, -0.2) is 6.36 Å². The van der Waals surface area contributed by atoms with Crippen molar-refractivity contribution in [2.75, 3.05) is 0 Å². The van der Waals surface area contributed by atoms with Crippen molar-refractivity contribution >= 4 is 0 Å². The van der Waals surface area contributed by atoms with Gasteiger partial charge in [0.25, 0.3) is 0 Å². The highest BCUT2D eigenvalue weighted by Crippen LogP contribution is 2.38. The van der Waals surface area contributed by atoms with Crippen molar-refractivity contribution in [2.45, 2.75) is 57.7 Å². The normalized spacial score (nSPS) is 20.2. The third kappa shape index (κ3) is 5.24. The zero-order valence-corrected chi connectivity index (χ0v) is 15.7. The van der Waals surface area contributed by atoms with E-state index in [1.807, 2.05) is 0 Å². The standard InChI is InChI=1S/C22H23F5O/c1-2-14-3-7-16(8-4-14)17-12-20(23)19(21(24)13-17)11-15-5-9-18(10-6-15)28-22(25,26)27/h5-6,9-10,12-14,16H,2-4,7-8,11H2,1H3. The van der Waals surface area contributed by atoms with Crippen LogP contribution in [0.25, 0.3) is 0 Å². The summed E-state index contributed by atoms with van der Waals surface area (Å²) in [5.74, 6) is -0.698. The second-order valence-electron chi connectivity index (χ2n) is 7.46. The van der Waals surface area contributed by atoms with Gasteiger partial charge in [0.2, 0.25) is 0 Å². The summed E-state index contributed by atoms with van der Waals surface area (Å²) in [5.41, 5.74) is 1.13. The van der Waals surface area contributed by atoms with Gasteiger partial charge in [0.05, 0.1) is 0 Å². The van der Waals surface area contributed by atoms with Gasteiger partial charge in [-0.2, -0.15) is 0 Å². The minimum atomic E-state index is -4.77. The van der Waals surface area contributed by atoms with Crippen LogP contribution < -0.4 is 4.74 Å². The molecule has 6 heteroatoms. The molecule has 2 aromatic rings. The van der Waals surface area contributed by atoms with Crippen LogP contribution in [0.3, 0.4) is 0 Å². The zero-order valence-electron chi connectivity index (χ0n) is 15.7. The highest BCUT2D eigenvalue weighted by Gasteiger charge is 2.31. The van der Waals surface area contributed by atoms with Gasteiger partial charge >= 0.3 is 6.36 Å². The smallest absolute Gasteiger partial charge is 0.406 e. The van der Waals surface area contributed by atoms with Gasteiger partial charge in [-0.1, -0.05) is 25.5 Å². The fraction of sp³-hybridized carbons (Fsp3) is 0.455. The van der Waals surface area contributed by atoms with E-state index in [4.69, 9.17) is 0 Å². The predicted octanol–water partition coefficient (Wildman–Crippen LogP) is 7.14. The van der Waals surface area contributed by atoms with Crippen molar-refractivity contribution in [1.82, 2.24) is 0 Å². The van der Waals surface area contributed by atoms with Crippen LogP contribution in [0.15, 0.2) is 36.4 Å². The van der Waals surface area contributed by atoms with Gasteiger partial charge in [0.1, 0.15) is 17.4 Å².